The summed E-state index contributed by atoms with van der Waals surface area (Å²) in [4.78, 5) is 16.8. The van der Waals surface area contributed by atoms with Crippen molar-refractivity contribution in [1.82, 2.24) is 15.5 Å². The fourth-order valence-corrected chi connectivity index (χ4v) is 2.93. The second kappa shape index (κ2) is 8.47. The van der Waals surface area contributed by atoms with E-state index in [2.05, 4.69) is 48.4 Å². The molecule has 1 heterocycles. The maximum absolute atomic E-state index is 12.4. The van der Waals surface area contributed by atoms with Gasteiger partial charge in [-0.1, -0.05) is 50.2 Å². The van der Waals surface area contributed by atoms with Gasteiger partial charge >= 0.3 is 0 Å². The van der Waals surface area contributed by atoms with Gasteiger partial charge in [-0.15, -0.1) is 0 Å². The zero-order valence-corrected chi connectivity index (χ0v) is 17.6. The largest absolute Gasteiger partial charge is 0.494 e. The highest BCUT2D eigenvalue weighted by molar-refractivity contribution is 5.94. The Labute approximate surface area is 171 Å². The van der Waals surface area contributed by atoms with Crippen LogP contribution in [0.4, 0.5) is 0 Å². The Morgan fingerprint density at radius 2 is 1.86 bits per heavy atom. The predicted molar refractivity (Wildman–Crippen MR) is 112 cm³/mol. The Bertz CT molecular complexity index is 985. The number of carbonyl (C=O) groups excluding carboxylic acids is 1. The number of carbonyl (C=O) groups is 1. The summed E-state index contributed by atoms with van der Waals surface area (Å²) in [5.74, 6) is 1.44. The van der Waals surface area contributed by atoms with E-state index in [1.165, 1.54) is 5.56 Å². The van der Waals surface area contributed by atoms with Crippen molar-refractivity contribution in [2.45, 2.75) is 46.6 Å². The van der Waals surface area contributed by atoms with Crippen molar-refractivity contribution in [3.05, 3.63) is 65.0 Å². The summed E-state index contributed by atoms with van der Waals surface area (Å²) in [5.41, 5.74) is 3.68. The standard InChI is InChI=1S/C23H27N3O3/c1-6-28-19-12-9-17(13-15(19)2)22(27)24-14-20-25-21(26-29-20)16-7-10-18(11-8-16)23(3,4)5/h7-13H,6,14H2,1-5H3,(H,24,27). The van der Waals surface area contributed by atoms with Gasteiger partial charge in [-0.25, -0.2) is 0 Å². The first kappa shape index (κ1) is 20.6. The van der Waals surface area contributed by atoms with Crippen LogP contribution < -0.4 is 10.1 Å². The van der Waals surface area contributed by atoms with E-state index in [4.69, 9.17) is 9.26 Å². The van der Waals surface area contributed by atoms with Crippen molar-refractivity contribution in [2.24, 2.45) is 0 Å². The van der Waals surface area contributed by atoms with Crippen LogP contribution in [0.15, 0.2) is 47.0 Å². The number of aryl methyl sites for hydroxylation is 1. The molecule has 0 atom stereocenters. The number of hydrogen-bond donors (Lipinski definition) is 1. The van der Waals surface area contributed by atoms with Crippen LogP contribution in [0, 0.1) is 6.92 Å². The lowest BCUT2D eigenvalue weighted by molar-refractivity contribution is 0.0946. The fourth-order valence-electron chi connectivity index (χ4n) is 2.93. The average Bonchev–Trinajstić information content (AvgIpc) is 3.16. The molecule has 3 aromatic rings. The molecule has 29 heavy (non-hydrogen) atoms. The molecule has 1 amide bonds. The number of nitrogens with zero attached hydrogens (tertiary/aromatic N) is 2. The number of nitrogens with one attached hydrogen (secondary N) is 1. The smallest absolute Gasteiger partial charge is 0.251 e. The van der Waals surface area contributed by atoms with Crippen LogP contribution in [0.1, 0.15) is 55.1 Å². The molecule has 0 aliphatic rings. The number of ether oxygens (including phenoxy) is 1. The highest BCUT2D eigenvalue weighted by atomic mass is 16.5. The van der Waals surface area contributed by atoms with Gasteiger partial charge in [0.1, 0.15) is 5.75 Å². The van der Waals surface area contributed by atoms with Gasteiger partial charge in [0.15, 0.2) is 0 Å². The molecular formula is C23H27N3O3. The number of benzene rings is 2. The van der Waals surface area contributed by atoms with Gasteiger partial charge in [0.25, 0.3) is 5.91 Å². The molecule has 0 bridgehead atoms. The molecule has 0 saturated carbocycles. The van der Waals surface area contributed by atoms with E-state index in [9.17, 15) is 4.79 Å². The lowest BCUT2D eigenvalue weighted by Gasteiger charge is -2.18. The Kier molecular flexibility index (Phi) is 6.01. The summed E-state index contributed by atoms with van der Waals surface area (Å²) in [6, 6.07) is 13.5. The first-order valence-electron chi connectivity index (χ1n) is 9.73. The predicted octanol–water partition coefficient (Wildman–Crippen LogP) is 4.67. The van der Waals surface area contributed by atoms with Crippen LogP contribution in [0.2, 0.25) is 0 Å². The first-order valence-corrected chi connectivity index (χ1v) is 9.73. The molecule has 0 aliphatic carbocycles. The normalized spacial score (nSPS) is 11.3. The molecule has 2 aromatic carbocycles. The topological polar surface area (TPSA) is 77.2 Å². The molecule has 3 rings (SSSR count). The Hall–Kier alpha value is -3.15. The highest BCUT2D eigenvalue weighted by Crippen LogP contribution is 2.25. The van der Waals surface area contributed by atoms with Gasteiger partial charge in [0.05, 0.1) is 13.2 Å². The number of rotatable bonds is 6. The average molecular weight is 393 g/mol. The van der Waals surface area contributed by atoms with Crippen LogP contribution >= 0.6 is 0 Å². The Balaban J connectivity index is 1.63. The minimum absolute atomic E-state index is 0.0877. The van der Waals surface area contributed by atoms with E-state index in [0.29, 0.717) is 23.9 Å². The molecule has 152 valence electrons. The maximum Gasteiger partial charge on any atom is 0.251 e. The van der Waals surface area contributed by atoms with Crippen molar-refractivity contribution >= 4 is 5.91 Å². The Morgan fingerprint density at radius 3 is 2.48 bits per heavy atom. The van der Waals surface area contributed by atoms with Crippen LogP contribution in [0.25, 0.3) is 11.4 Å². The summed E-state index contributed by atoms with van der Waals surface area (Å²) in [7, 11) is 0. The molecule has 0 saturated heterocycles. The van der Waals surface area contributed by atoms with Crippen molar-refractivity contribution in [1.29, 1.82) is 0 Å². The van der Waals surface area contributed by atoms with Gasteiger partial charge in [-0.05, 0) is 48.6 Å². The van der Waals surface area contributed by atoms with Crippen molar-refractivity contribution < 1.29 is 14.1 Å². The third-order valence-electron chi connectivity index (χ3n) is 4.61. The number of amides is 1. The monoisotopic (exact) mass is 393 g/mol. The molecule has 0 spiro atoms. The van der Waals surface area contributed by atoms with Gasteiger partial charge in [-0.3, -0.25) is 4.79 Å². The van der Waals surface area contributed by atoms with E-state index in [0.717, 1.165) is 16.9 Å². The van der Waals surface area contributed by atoms with E-state index < -0.39 is 0 Å². The molecule has 0 fully saturated rings. The quantitative estimate of drug-likeness (QED) is 0.658. The van der Waals surface area contributed by atoms with Gasteiger partial charge in [-0.2, -0.15) is 4.98 Å². The van der Waals surface area contributed by atoms with Crippen molar-refractivity contribution in [2.75, 3.05) is 6.61 Å². The minimum atomic E-state index is -0.203. The lowest BCUT2D eigenvalue weighted by Crippen LogP contribution is -2.23. The minimum Gasteiger partial charge on any atom is -0.494 e. The zero-order chi connectivity index (χ0) is 21.0. The Morgan fingerprint density at radius 1 is 1.14 bits per heavy atom. The molecule has 0 radical (unpaired) electrons. The molecule has 6 nitrogen and oxygen atoms in total. The summed E-state index contributed by atoms with van der Waals surface area (Å²) >= 11 is 0. The van der Waals surface area contributed by atoms with Gasteiger partial charge in [0.2, 0.25) is 11.7 Å². The second-order valence-electron chi connectivity index (χ2n) is 7.94. The van der Waals surface area contributed by atoms with Crippen molar-refractivity contribution in [3.63, 3.8) is 0 Å². The number of aromatic nitrogens is 2. The lowest BCUT2D eigenvalue weighted by atomic mass is 9.87. The van der Waals surface area contributed by atoms with Crippen molar-refractivity contribution in [3.8, 4) is 17.1 Å². The number of hydrogen-bond acceptors (Lipinski definition) is 5. The van der Waals surface area contributed by atoms with E-state index >= 15 is 0 Å². The third-order valence-corrected chi connectivity index (χ3v) is 4.61. The van der Waals surface area contributed by atoms with Crippen LogP contribution in [0.5, 0.6) is 5.75 Å². The first-order chi connectivity index (χ1) is 13.8. The van der Waals surface area contributed by atoms with E-state index in [-0.39, 0.29) is 17.9 Å². The molecule has 1 aromatic heterocycles. The molecule has 1 N–H and O–H groups in total. The van der Waals surface area contributed by atoms with Gasteiger partial charge < -0.3 is 14.6 Å². The fraction of sp³-hybridized carbons (Fsp3) is 0.348. The van der Waals surface area contributed by atoms with Gasteiger partial charge in [0, 0.05) is 11.1 Å². The second-order valence-corrected chi connectivity index (χ2v) is 7.94. The van der Waals surface area contributed by atoms with Crippen LogP contribution in [-0.4, -0.2) is 22.7 Å². The maximum atomic E-state index is 12.4. The molecule has 0 unspecified atom stereocenters. The van der Waals surface area contributed by atoms with Crippen LogP contribution in [-0.2, 0) is 12.0 Å². The summed E-state index contributed by atoms with van der Waals surface area (Å²) in [6.07, 6.45) is 0. The summed E-state index contributed by atoms with van der Waals surface area (Å²) in [6.45, 7) is 11.1. The molecular weight excluding hydrogens is 366 g/mol. The summed E-state index contributed by atoms with van der Waals surface area (Å²) < 4.78 is 10.8. The molecule has 0 aliphatic heterocycles. The van der Waals surface area contributed by atoms with E-state index in [1.807, 2.05) is 26.0 Å². The molecule has 6 heteroatoms. The highest BCUT2D eigenvalue weighted by Gasteiger charge is 2.15. The van der Waals surface area contributed by atoms with E-state index in [1.54, 1.807) is 18.2 Å². The van der Waals surface area contributed by atoms with Crippen LogP contribution in [0.3, 0.4) is 0 Å². The zero-order valence-electron chi connectivity index (χ0n) is 17.6. The SMILES string of the molecule is CCOc1ccc(C(=O)NCc2nc(-c3ccc(C(C)(C)C)cc3)no2)cc1C. The third kappa shape index (κ3) is 5.02. The summed E-state index contributed by atoms with van der Waals surface area (Å²) in [5, 5.41) is 6.83.